The molecule has 1 N–H and O–H groups in total. The molecule has 0 unspecified atom stereocenters. The number of aliphatic imine (C=N–C) groups is 1. The van der Waals surface area contributed by atoms with Gasteiger partial charge in [0.05, 0.1) is 22.2 Å². The molecule has 0 saturated carbocycles. The van der Waals surface area contributed by atoms with Crippen molar-refractivity contribution in [1.29, 1.82) is 0 Å². The van der Waals surface area contributed by atoms with Crippen LogP contribution in [0.2, 0.25) is 15.1 Å². The molecule has 180 valence electrons. The van der Waals surface area contributed by atoms with Gasteiger partial charge in [-0.15, -0.1) is 0 Å². The average Bonchev–Trinajstić information content (AvgIpc) is 3.15. The fourth-order valence-electron chi connectivity index (χ4n) is 3.30. The number of nitrogens with one attached hydrogen (secondary N) is 1. The van der Waals surface area contributed by atoms with Gasteiger partial charge in [0.2, 0.25) is 0 Å². The molecule has 3 aromatic carbocycles. The summed E-state index contributed by atoms with van der Waals surface area (Å²) in [7, 11) is 0. The molecule has 5 nitrogen and oxygen atoms in total. The minimum absolute atomic E-state index is 0.238. The average molecular weight is 548 g/mol. The molecule has 35 heavy (non-hydrogen) atoms. The van der Waals surface area contributed by atoms with Gasteiger partial charge in [-0.2, -0.15) is 0 Å². The van der Waals surface area contributed by atoms with Gasteiger partial charge in [-0.3, -0.25) is 4.79 Å². The van der Waals surface area contributed by atoms with E-state index in [0.717, 1.165) is 16.8 Å². The van der Waals surface area contributed by atoms with Crippen molar-refractivity contribution in [2.45, 2.75) is 20.5 Å². The van der Waals surface area contributed by atoms with Crippen LogP contribution in [0.4, 0.5) is 5.69 Å². The Bertz CT molecular complexity index is 1320. The second kappa shape index (κ2) is 11.4. The molecular weight excluding hydrogens is 527 g/mol. The van der Waals surface area contributed by atoms with Crippen LogP contribution in [0.1, 0.15) is 23.6 Å². The molecule has 0 atom stereocenters. The van der Waals surface area contributed by atoms with Crippen LogP contribution < -0.4 is 14.8 Å². The number of carbonyl (C=O) groups excluding carboxylic acids is 1. The third kappa shape index (κ3) is 6.53. The summed E-state index contributed by atoms with van der Waals surface area (Å²) in [5.41, 5.74) is 3.31. The predicted octanol–water partition coefficient (Wildman–Crippen LogP) is 7.82. The van der Waals surface area contributed by atoms with E-state index in [1.165, 1.54) is 11.8 Å². The number of hydrogen-bond donors (Lipinski definition) is 1. The Morgan fingerprint density at radius 2 is 1.74 bits per heavy atom. The van der Waals surface area contributed by atoms with Crippen molar-refractivity contribution in [1.82, 2.24) is 5.32 Å². The van der Waals surface area contributed by atoms with Gasteiger partial charge in [0, 0.05) is 10.0 Å². The number of amidine groups is 1. The third-order valence-electron chi connectivity index (χ3n) is 4.96. The lowest BCUT2D eigenvalue weighted by atomic mass is 10.1. The maximum atomic E-state index is 12.6. The molecule has 1 aliphatic rings. The van der Waals surface area contributed by atoms with Crippen molar-refractivity contribution in [3.05, 3.63) is 91.3 Å². The van der Waals surface area contributed by atoms with Gasteiger partial charge in [-0.25, -0.2) is 4.99 Å². The zero-order valence-electron chi connectivity index (χ0n) is 18.9. The SMILES string of the molecule is CCOc1cc(/C=C2\SC(=Nc3ccc(Cl)cc3C)NC2=O)cc(Cl)c1OCc1ccc(Cl)cc1. The molecule has 1 saturated heterocycles. The predicted molar refractivity (Wildman–Crippen MR) is 145 cm³/mol. The van der Waals surface area contributed by atoms with Gasteiger partial charge < -0.3 is 14.8 Å². The number of thioether (sulfide) groups is 1. The van der Waals surface area contributed by atoms with E-state index in [-0.39, 0.29) is 5.91 Å². The van der Waals surface area contributed by atoms with Crippen molar-refractivity contribution >= 4 is 69.4 Å². The topological polar surface area (TPSA) is 59.9 Å². The summed E-state index contributed by atoms with van der Waals surface area (Å²) in [5.74, 6) is 0.696. The summed E-state index contributed by atoms with van der Waals surface area (Å²) in [4.78, 5) is 17.6. The Morgan fingerprint density at radius 3 is 2.46 bits per heavy atom. The molecule has 9 heteroatoms. The maximum absolute atomic E-state index is 12.6. The van der Waals surface area contributed by atoms with Crippen LogP contribution in [0.3, 0.4) is 0 Å². The summed E-state index contributed by atoms with van der Waals surface area (Å²) in [6.45, 7) is 4.53. The Balaban J connectivity index is 1.56. The summed E-state index contributed by atoms with van der Waals surface area (Å²) in [6.07, 6.45) is 1.74. The van der Waals surface area contributed by atoms with E-state index in [9.17, 15) is 4.79 Å². The Labute approximate surface area is 223 Å². The van der Waals surface area contributed by atoms with Crippen molar-refractivity contribution in [2.75, 3.05) is 6.61 Å². The first-order valence-electron chi connectivity index (χ1n) is 10.7. The van der Waals surface area contributed by atoms with Crippen molar-refractivity contribution in [3.8, 4) is 11.5 Å². The zero-order valence-corrected chi connectivity index (χ0v) is 22.0. The molecule has 1 amide bonds. The monoisotopic (exact) mass is 546 g/mol. The quantitative estimate of drug-likeness (QED) is 0.306. The minimum Gasteiger partial charge on any atom is -0.490 e. The standard InChI is InChI=1S/C26H21Cl3N2O3S/c1-3-33-22-12-17(11-20(29)24(22)34-14-16-4-6-18(27)7-5-16)13-23-25(32)31-26(35-23)30-21-9-8-19(28)10-15(21)2/h4-13H,3,14H2,1-2H3,(H,30,31,32)/b23-13-. The Morgan fingerprint density at radius 1 is 1.00 bits per heavy atom. The van der Waals surface area contributed by atoms with Gasteiger partial charge in [0.15, 0.2) is 16.7 Å². The van der Waals surface area contributed by atoms with Crippen LogP contribution in [0.25, 0.3) is 6.08 Å². The van der Waals surface area contributed by atoms with Gasteiger partial charge in [-0.1, -0.05) is 46.9 Å². The van der Waals surface area contributed by atoms with Gasteiger partial charge in [0.1, 0.15) is 6.61 Å². The molecule has 1 fully saturated rings. The van der Waals surface area contributed by atoms with E-state index in [2.05, 4.69) is 10.3 Å². The van der Waals surface area contributed by atoms with Crippen molar-refractivity contribution in [3.63, 3.8) is 0 Å². The number of aryl methyl sites for hydroxylation is 1. The smallest absolute Gasteiger partial charge is 0.264 e. The molecule has 0 aromatic heterocycles. The highest BCUT2D eigenvalue weighted by Crippen LogP contribution is 2.39. The number of nitrogens with zero attached hydrogens (tertiary/aromatic N) is 1. The number of hydrogen-bond acceptors (Lipinski definition) is 5. The van der Waals surface area contributed by atoms with Crippen LogP contribution in [0.15, 0.2) is 64.5 Å². The van der Waals surface area contributed by atoms with Gasteiger partial charge in [-0.05, 0) is 90.8 Å². The molecule has 1 heterocycles. The van der Waals surface area contributed by atoms with Crippen molar-refractivity contribution in [2.24, 2.45) is 4.99 Å². The van der Waals surface area contributed by atoms with Crippen molar-refractivity contribution < 1.29 is 14.3 Å². The second-order valence-corrected chi connectivity index (χ2v) is 9.90. The molecule has 4 rings (SSSR count). The van der Waals surface area contributed by atoms with E-state index in [4.69, 9.17) is 44.3 Å². The summed E-state index contributed by atoms with van der Waals surface area (Å²) in [6, 6.07) is 16.3. The number of carbonyl (C=O) groups is 1. The summed E-state index contributed by atoms with van der Waals surface area (Å²) < 4.78 is 11.7. The molecule has 0 bridgehead atoms. The zero-order chi connectivity index (χ0) is 24.9. The fraction of sp³-hybridized carbons (Fsp3) is 0.154. The van der Waals surface area contributed by atoms with E-state index in [0.29, 0.717) is 55.4 Å². The molecule has 3 aromatic rings. The highest BCUT2D eigenvalue weighted by molar-refractivity contribution is 8.18. The second-order valence-electron chi connectivity index (χ2n) is 7.59. The van der Waals surface area contributed by atoms with Crippen LogP contribution in [0.5, 0.6) is 11.5 Å². The number of halogens is 3. The molecule has 0 radical (unpaired) electrons. The number of amides is 1. The Kier molecular flexibility index (Phi) is 8.29. The highest BCUT2D eigenvalue weighted by Gasteiger charge is 2.24. The van der Waals surface area contributed by atoms with E-state index in [1.54, 1.807) is 36.4 Å². The van der Waals surface area contributed by atoms with Gasteiger partial charge >= 0.3 is 0 Å². The third-order valence-corrected chi connectivity index (χ3v) is 6.64. The lowest BCUT2D eigenvalue weighted by molar-refractivity contribution is -0.115. The van der Waals surface area contributed by atoms with Crippen LogP contribution in [-0.4, -0.2) is 17.7 Å². The first kappa shape index (κ1) is 25.5. The number of ether oxygens (including phenoxy) is 2. The molecule has 1 aliphatic heterocycles. The summed E-state index contributed by atoms with van der Waals surface area (Å²) >= 11 is 19.8. The largest absolute Gasteiger partial charge is 0.490 e. The van der Waals surface area contributed by atoms with E-state index in [1.807, 2.05) is 38.1 Å². The highest BCUT2D eigenvalue weighted by atomic mass is 35.5. The molecule has 0 spiro atoms. The lowest BCUT2D eigenvalue weighted by Gasteiger charge is -2.15. The fourth-order valence-corrected chi connectivity index (χ4v) is 4.76. The van der Waals surface area contributed by atoms with Crippen LogP contribution >= 0.6 is 46.6 Å². The summed E-state index contributed by atoms with van der Waals surface area (Å²) in [5, 5.41) is 4.96. The minimum atomic E-state index is -0.238. The molecule has 0 aliphatic carbocycles. The molecular formula is C26H21Cl3N2O3S. The lowest BCUT2D eigenvalue weighted by Crippen LogP contribution is -2.19. The maximum Gasteiger partial charge on any atom is 0.264 e. The van der Waals surface area contributed by atoms with Crippen LogP contribution in [0, 0.1) is 6.92 Å². The van der Waals surface area contributed by atoms with E-state index < -0.39 is 0 Å². The Hall–Kier alpha value is -2.64. The number of rotatable bonds is 7. The van der Waals surface area contributed by atoms with Crippen LogP contribution in [-0.2, 0) is 11.4 Å². The normalized spacial score (nSPS) is 15.5. The first-order chi connectivity index (χ1) is 16.8. The number of benzene rings is 3. The first-order valence-corrected chi connectivity index (χ1v) is 12.7. The van der Waals surface area contributed by atoms with Gasteiger partial charge in [0.25, 0.3) is 5.91 Å². The van der Waals surface area contributed by atoms with E-state index >= 15 is 0 Å².